The Kier molecular flexibility index (Phi) is 3.33. The summed E-state index contributed by atoms with van der Waals surface area (Å²) in [6.07, 6.45) is 0.835. The summed E-state index contributed by atoms with van der Waals surface area (Å²) in [6.45, 7) is 5.70. The fourth-order valence-corrected chi connectivity index (χ4v) is 2.95. The number of anilines is 1. The van der Waals surface area contributed by atoms with Gasteiger partial charge in [0.25, 0.3) is 0 Å². The molecule has 0 bridgehead atoms. The SMILES string of the molecule is CC(C)C1(C(=O)Nc2ccc3oc(=O)[nH]c3c2)CCNC1. The van der Waals surface area contributed by atoms with Crippen molar-refractivity contribution in [1.29, 1.82) is 0 Å². The standard InChI is InChI=1S/C15H19N3O3/c1-9(2)15(5-6-16-8-15)13(19)17-10-3-4-12-11(7-10)18-14(20)21-12/h3-4,7,9,16H,5-6,8H2,1-2H3,(H,17,19)(H,18,20). The largest absolute Gasteiger partial charge is 0.417 e. The number of benzene rings is 1. The lowest BCUT2D eigenvalue weighted by atomic mass is 9.75. The van der Waals surface area contributed by atoms with Crippen LogP contribution in [0.3, 0.4) is 0 Å². The fraction of sp³-hybridized carbons (Fsp3) is 0.467. The number of rotatable bonds is 3. The van der Waals surface area contributed by atoms with E-state index in [4.69, 9.17) is 4.42 Å². The topological polar surface area (TPSA) is 87.1 Å². The molecule has 0 spiro atoms. The average molecular weight is 289 g/mol. The van der Waals surface area contributed by atoms with E-state index in [1.165, 1.54) is 0 Å². The Hall–Kier alpha value is -2.08. The third-order valence-corrected chi connectivity index (χ3v) is 4.42. The van der Waals surface area contributed by atoms with Gasteiger partial charge in [-0.2, -0.15) is 0 Å². The van der Waals surface area contributed by atoms with Gasteiger partial charge in [-0.3, -0.25) is 9.78 Å². The first-order valence-electron chi connectivity index (χ1n) is 7.16. The molecule has 1 saturated heterocycles. The third kappa shape index (κ3) is 2.35. The molecule has 1 amide bonds. The van der Waals surface area contributed by atoms with Gasteiger partial charge in [0, 0.05) is 12.2 Å². The Balaban J connectivity index is 1.86. The first-order valence-corrected chi connectivity index (χ1v) is 7.16. The third-order valence-electron chi connectivity index (χ3n) is 4.42. The molecule has 112 valence electrons. The molecule has 1 aromatic heterocycles. The number of fused-ring (bicyclic) bond motifs is 1. The maximum absolute atomic E-state index is 12.7. The van der Waals surface area contributed by atoms with Crippen molar-refractivity contribution in [2.75, 3.05) is 18.4 Å². The van der Waals surface area contributed by atoms with Crippen LogP contribution in [0.15, 0.2) is 27.4 Å². The van der Waals surface area contributed by atoms with Gasteiger partial charge in [0.1, 0.15) is 0 Å². The van der Waals surface area contributed by atoms with Crippen LogP contribution in [0.2, 0.25) is 0 Å². The lowest BCUT2D eigenvalue weighted by Crippen LogP contribution is -2.42. The molecule has 1 atom stereocenters. The molecule has 1 fully saturated rings. The van der Waals surface area contributed by atoms with Gasteiger partial charge in [0.05, 0.1) is 10.9 Å². The number of hydrogen-bond acceptors (Lipinski definition) is 4. The summed E-state index contributed by atoms with van der Waals surface area (Å²) in [4.78, 5) is 26.4. The summed E-state index contributed by atoms with van der Waals surface area (Å²) < 4.78 is 4.95. The molecule has 1 aromatic carbocycles. The van der Waals surface area contributed by atoms with Gasteiger partial charge in [-0.25, -0.2) is 4.79 Å². The van der Waals surface area contributed by atoms with E-state index in [-0.39, 0.29) is 17.2 Å². The molecule has 2 heterocycles. The summed E-state index contributed by atoms with van der Waals surface area (Å²) in [7, 11) is 0. The Morgan fingerprint density at radius 2 is 2.24 bits per heavy atom. The van der Waals surface area contributed by atoms with Crippen LogP contribution in [0.25, 0.3) is 11.1 Å². The van der Waals surface area contributed by atoms with E-state index in [9.17, 15) is 9.59 Å². The maximum Gasteiger partial charge on any atom is 0.417 e. The summed E-state index contributed by atoms with van der Waals surface area (Å²) in [5.74, 6) is -0.218. The van der Waals surface area contributed by atoms with Crippen LogP contribution < -0.4 is 16.4 Å². The minimum absolute atomic E-state index is 0.0210. The molecule has 2 aromatic rings. The molecule has 6 nitrogen and oxygen atoms in total. The number of carbonyl (C=O) groups is 1. The molecular formula is C15H19N3O3. The smallest absolute Gasteiger partial charge is 0.408 e. The van der Waals surface area contributed by atoms with Crippen molar-refractivity contribution >= 4 is 22.7 Å². The summed E-state index contributed by atoms with van der Waals surface area (Å²) in [6, 6.07) is 5.14. The number of hydrogen-bond donors (Lipinski definition) is 3. The molecular weight excluding hydrogens is 270 g/mol. The average Bonchev–Trinajstić information content (AvgIpc) is 3.04. The summed E-state index contributed by atoms with van der Waals surface area (Å²) >= 11 is 0. The second-order valence-corrected chi connectivity index (χ2v) is 5.92. The zero-order chi connectivity index (χ0) is 15.0. The number of aromatic nitrogens is 1. The van der Waals surface area contributed by atoms with Gasteiger partial charge in [0.2, 0.25) is 5.91 Å². The zero-order valence-corrected chi connectivity index (χ0v) is 12.2. The van der Waals surface area contributed by atoms with Gasteiger partial charge in [0.15, 0.2) is 5.58 Å². The van der Waals surface area contributed by atoms with Crippen molar-refractivity contribution in [2.45, 2.75) is 20.3 Å². The molecule has 21 heavy (non-hydrogen) atoms. The second-order valence-electron chi connectivity index (χ2n) is 5.92. The molecule has 1 aliphatic heterocycles. The predicted octanol–water partition coefficient (Wildman–Crippen LogP) is 1.70. The number of aromatic amines is 1. The molecule has 3 rings (SSSR count). The summed E-state index contributed by atoms with van der Waals surface area (Å²) in [5.41, 5.74) is 1.36. The number of H-pyrrole nitrogens is 1. The highest BCUT2D eigenvalue weighted by Gasteiger charge is 2.43. The molecule has 1 aliphatic rings. The number of oxazole rings is 1. The molecule has 3 N–H and O–H groups in total. The first kappa shape index (κ1) is 13.9. The van der Waals surface area contributed by atoms with Crippen LogP contribution in [0, 0.1) is 11.3 Å². The van der Waals surface area contributed by atoms with Crippen LogP contribution in [0.1, 0.15) is 20.3 Å². The molecule has 0 radical (unpaired) electrons. The van der Waals surface area contributed by atoms with Crippen molar-refractivity contribution in [3.63, 3.8) is 0 Å². The van der Waals surface area contributed by atoms with Crippen molar-refractivity contribution in [3.8, 4) is 0 Å². The lowest BCUT2D eigenvalue weighted by molar-refractivity contribution is -0.126. The van der Waals surface area contributed by atoms with Gasteiger partial charge >= 0.3 is 5.76 Å². The van der Waals surface area contributed by atoms with E-state index in [1.54, 1.807) is 18.2 Å². The first-order chi connectivity index (χ1) is 10.0. The molecule has 6 heteroatoms. The van der Waals surface area contributed by atoms with Crippen molar-refractivity contribution in [1.82, 2.24) is 10.3 Å². The number of amides is 1. The van der Waals surface area contributed by atoms with Crippen LogP contribution in [-0.4, -0.2) is 24.0 Å². The van der Waals surface area contributed by atoms with Gasteiger partial charge < -0.3 is 15.1 Å². The Morgan fingerprint density at radius 3 is 2.90 bits per heavy atom. The lowest BCUT2D eigenvalue weighted by Gasteiger charge is -2.31. The van der Waals surface area contributed by atoms with E-state index >= 15 is 0 Å². The van der Waals surface area contributed by atoms with Crippen LogP contribution in [-0.2, 0) is 4.79 Å². The quantitative estimate of drug-likeness (QED) is 0.802. The Morgan fingerprint density at radius 1 is 1.43 bits per heavy atom. The van der Waals surface area contributed by atoms with E-state index in [0.29, 0.717) is 23.3 Å². The number of carbonyl (C=O) groups excluding carboxylic acids is 1. The highest BCUT2D eigenvalue weighted by atomic mass is 16.4. The highest BCUT2D eigenvalue weighted by Crippen LogP contribution is 2.35. The van der Waals surface area contributed by atoms with E-state index in [0.717, 1.165) is 13.0 Å². The molecule has 0 saturated carbocycles. The predicted molar refractivity (Wildman–Crippen MR) is 80.2 cm³/mol. The van der Waals surface area contributed by atoms with Gasteiger partial charge in [-0.1, -0.05) is 13.8 Å². The minimum atomic E-state index is -0.493. The Labute approximate surface area is 121 Å². The van der Waals surface area contributed by atoms with Crippen molar-refractivity contribution in [2.24, 2.45) is 11.3 Å². The van der Waals surface area contributed by atoms with Gasteiger partial charge in [-0.15, -0.1) is 0 Å². The maximum atomic E-state index is 12.7. The van der Waals surface area contributed by atoms with E-state index < -0.39 is 5.76 Å². The second kappa shape index (κ2) is 5.04. The molecule has 0 aliphatic carbocycles. The minimum Gasteiger partial charge on any atom is -0.408 e. The van der Waals surface area contributed by atoms with Crippen molar-refractivity contribution in [3.05, 3.63) is 28.7 Å². The highest BCUT2D eigenvalue weighted by molar-refractivity contribution is 5.97. The van der Waals surface area contributed by atoms with Crippen LogP contribution >= 0.6 is 0 Å². The zero-order valence-electron chi connectivity index (χ0n) is 12.2. The molecule has 1 unspecified atom stereocenters. The van der Waals surface area contributed by atoms with Gasteiger partial charge in [-0.05, 0) is 37.1 Å². The van der Waals surface area contributed by atoms with Crippen LogP contribution in [0.4, 0.5) is 5.69 Å². The number of nitrogens with one attached hydrogen (secondary N) is 3. The monoisotopic (exact) mass is 289 g/mol. The van der Waals surface area contributed by atoms with E-state index in [1.807, 2.05) is 0 Å². The summed E-state index contributed by atoms with van der Waals surface area (Å²) in [5, 5.41) is 6.24. The fourth-order valence-electron chi connectivity index (χ4n) is 2.95. The normalized spacial score (nSPS) is 22.0. The van der Waals surface area contributed by atoms with E-state index in [2.05, 4.69) is 29.5 Å². The van der Waals surface area contributed by atoms with Crippen LogP contribution in [0.5, 0.6) is 0 Å². The Bertz CT molecular complexity index is 723. The van der Waals surface area contributed by atoms with Crippen molar-refractivity contribution < 1.29 is 9.21 Å².